The van der Waals surface area contributed by atoms with Gasteiger partial charge in [-0.15, -0.1) is 0 Å². The number of piperidine rings is 2. The molecule has 3 aromatic carbocycles. The molecule has 3 fully saturated rings. The molecule has 1 nitrogen and oxygen atoms in total. The molecule has 2 saturated heterocycles. The van der Waals surface area contributed by atoms with Gasteiger partial charge in [-0.2, -0.15) is 0 Å². The number of para-hydroxylation sites is 1. The Morgan fingerprint density at radius 1 is 0.750 bits per heavy atom. The summed E-state index contributed by atoms with van der Waals surface area (Å²) in [5, 5.41) is 0. The van der Waals surface area contributed by atoms with Crippen LogP contribution in [0, 0.1) is 13.5 Å². The van der Waals surface area contributed by atoms with Crippen LogP contribution in [0.4, 0.5) is 5.69 Å². The smallest absolute Gasteiger partial charge is 0.103 e. The van der Waals surface area contributed by atoms with Crippen LogP contribution >= 0.6 is 0 Å². The summed E-state index contributed by atoms with van der Waals surface area (Å²) in [7, 11) is 0. The van der Waals surface area contributed by atoms with Crippen molar-refractivity contribution in [1.82, 2.24) is 0 Å². The lowest BCUT2D eigenvalue weighted by molar-refractivity contribution is 0.171. The monoisotopic (exact) mass is 365 g/mol. The molecule has 0 amide bonds. The lowest BCUT2D eigenvalue weighted by atomic mass is 9.58. The van der Waals surface area contributed by atoms with Gasteiger partial charge >= 0.3 is 0 Å². The van der Waals surface area contributed by atoms with Crippen LogP contribution in [-0.4, -0.2) is 5.54 Å². The van der Waals surface area contributed by atoms with Crippen molar-refractivity contribution in [2.45, 2.75) is 50.5 Å². The van der Waals surface area contributed by atoms with E-state index in [1.54, 1.807) is 0 Å². The van der Waals surface area contributed by atoms with Crippen LogP contribution in [-0.2, 0) is 5.41 Å². The van der Waals surface area contributed by atoms with Gasteiger partial charge in [-0.1, -0.05) is 66.7 Å². The second-order valence-electron chi connectivity index (χ2n) is 8.76. The van der Waals surface area contributed by atoms with E-state index in [1.807, 2.05) is 0 Å². The summed E-state index contributed by atoms with van der Waals surface area (Å²) < 4.78 is 0. The third kappa shape index (κ3) is 2.76. The molecule has 28 heavy (non-hydrogen) atoms. The Balaban J connectivity index is 1.57. The number of rotatable bonds is 3. The van der Waals surface area contributed by atoms with Crippen molar-refractivity contribution < 1.29 is 0 Å². The predicted molar refractivity (Wildman–Crippen MR) is 117 cm³/mol. The van der Waals surface area contributed by atoms with Crippen molar-refractivity contribution in [2.24, 2.45) is 0 Å². The lowest BCUT2D eigenvalue weighted by Gasteiger charge is -2.59. The van der Waals surface area contributed by atoms with Gasteiger partial charge in [-0.3, -0.25) is 0 Å². The number of anilines is 1. The zero-order valence-corrected chi connectivity index (χ0v) is 16.8. The number of fused-ring (bicyclic) bond motifs is 3. The summed E-state index contributed by atoms with van der Waals surface area (Å²) in [5.74, 6) is 0. The Bertz CT molecular complexity index is 966. The molecule has 0 N–H and O–H groups in total. The first-order valence-corrected chi connectivity index (χ1v) is 10.4. The number of benzene rings is 3. The SMILES string of the molecule is Cc1ccc(-c2ccccc2)cc1C12[C]N(c3ccccc3)C(C)(CC1)CC2. The second kappa shape index (κ2) is 6.51. The molecule has 3 aromatic rings. The Labute approximate surface area is 169 Å². The fourth-order valence-corrected chi connectivity index (χ4v) is 5.13. The Morgan fingerprint density at radius 2 is 1.39 bits per heavy atom. The summed E-state index contributed by atoms with van der Waals surface area (Å²) in [5.41, 5.74) is 6.91. The molecule has 0 unspecified atom stereocenters. The molecule has 0 spiro atoms. The third-order valence-electron chi connectivity index (χ3n) is 6.92. The maximum Gasteiger partial charge on any atom is 0.103 e. The number of hydrogen-bond acceptors (Lipinski definition) is 1. The molecular weight excluding hydrogens is 338 g/mol. The predicted octanol–water partition coefficient (Wildman–Crippen LogP) is 6.79. The first-order valence-electron chi connectivity index (χ1n) is 10.4. The molecule has 6 rings (SSSR count). The maximum absolute atomic E-state index is 3.99. The minimum atomic E-state index is 0.0163. The van der Waals surface area contributed by atoms with Crippen LogP contribution in [0.2, 0.25) is 0 Å². The van der Waals surface area contributed by atoms with Crippen LogP contribution in [0.3, 0.4) is 0 Å². The van der Waals surface area contributed by atoms with Crippen molar-refractivity contribution in [2.75, 3.05) is 4.90 Å². The molecule has 1 aliphatic carbocycles. The van der Waals surface area contributed by atoms with E-state index in [0.717, 1.165) is 0 Å². The highest BCUT2D eigenvalue weighted by atomic mass is 15.2. The highest BCUT2D eigenvalue weighted by molar-refractivity contribution is 5.66. The van der Waals surface area contributed by atoms with Crippen molar-refractivity contribution in [1.29, 1.82) is 0 Å². The van der Waals surface area contributed by atoms with Gasteiger partial charge in [0, 0.05) is 16.6 Å². The van der Waals surface area contributed by atoms with Crippen molar-refractivity contribution >= 4 is 5.69 Å². The summed E-state index contributed by atoms with van der Waals surface area (Å²) in [4.78, 5) is 2.45. The first-order chi connectivity index (χ1) is 13.6. The third-order valence-corrected chi connectivity index (χ3v) is 6.92. The standard InChI is InChI=1S/C27H27N/c1-21-13-14-23(22-9-5-3-6-10-22)19-25(21)27-17-15-26(2,16-18-27)28(20-27)24-11-7-4-8-12-24/h3-14,19H,15-18H2,1-2H3. The maximum atomic E-state index is 3.99. The van der Waals surface area contributed by atoms with E-state index < -0.39 is 0 Å². The highest BCUT2D eigenvalue weighted by Gasteiger charge is 2.53. The summed E-state index contributed by atoms with van der Waals surface area (Å²) in [6, 6.07) is 28.5. The van der Waals surface area contributed by atoms with E-state index in [1.165, 1.54) is 53.6 Å². The van der Waals surface area contributed by atoms with E-state index >= 15 is 0 Å². The molecular formula is C27H27N. The number of aryl methyl sites for hydroxylation is 1. The van der Waals surface area contributed by atoms with E-state index in [0.29, 0.717) is 0 Å². The summed E-state index contributed by atoms with van der Waals surface area (Å²) in [6.45, 7) is 8.66. The Kier molecular flexibility index (Phi) is 4.08. The van der Waals surface area contributed by atoms with Gasteiger partial charge in [0.25, 0.3) is 0 Å². The molecule has 2 bridgehead atoms. The minimum Gasteiger partial charge on any atom is -0.355 e. The van der Waals surface area contributed by atoms with Crippen molar-refractivity contribution in [3.63, 3.8) is 0 Å². The van der Waals surface area contributed by atoms with Gasteiger partial charge in [0.15, 0.2) is 0 Å². The molecule has 2 heterocycles. The van der Waals surface area contributed by atoms with E-state index in [2.05, 4.69) is 104 Å². The van der Waals surface area contributed by atoms with Crippen LogP contribution in [0.5, 0.6) is 0 Å². The van der Waals surface area contributed by atoms with Gasteiger partial charge in [-0.25, -0.2) is 0 Å². The van der Waals surface area contributed by atoms with Crippen LogP contribution in [0.25, 0.3) is 11.1 Å². The molecule has 140 valence electrons. The molecule has 0 atom stereocenters. The summed E-state index contributed by atoms with van der Waals surface area (Å²) in [6.07, 6.45) is 4.80. The molecule has 3 aliphatic rings. The topological polar surface area (TPSA) is 3.24 Å². The van der Waals surface area contributed by atoms with Gasteiger partial charge in [0.2, 0.25) is 0 Å². The van der Waals surface area contributed by atoms with Gasteiger partial charge in [-0.05, 0) is 73.9 Å². The molecule has 1 heteroatoms. The van der Waals surface area contributed by atoms with Gasteiger partial charge in [0.1, 0.15) is 6.54 Å². The minimum absolute atomic E-state index is 0.0163. The zero-order chi connectivity index (χ0) is 19.2. The largest absolute Gasteiger partial charge is 0.355 e. The second-order valence-corrected chi connectivity index (χ2v) is 8.76. The Hall–Kier alpha value is -2.54. The van der Waals surface area contributed by atoms with Gasteiger partial charge in [0.05, 0.1) is 0 Å². The molecule has 2 aliphatic heterocycles. The van der Waals surface area contributed by atoms with E-state index in [-0.39, 0.29) is 11.0 Å². The average Bonchev–Trinajstić information content (AvgIpc) is 2.76. The fourth-order valence-electron chi connectivity index (χ4n) is 5.13. The van der Waals surface area contributed by atoms with E-state index in [9.17, 15) is 0 Å². The van der Waals surface area contributed by atoms with Crippen LogP contribution in [0.15, 0.2) is 78.9 Å². The van der Waals surface area contributed by atoms with Crippen LogP contribution in [0.1, 0.15) is 43.7 Å². The zero-order valence-electron chi connectivity index (χ0n) is 16.8. The Morgan fingerprint density at radius 3 is 2.07 bits per heavy atom. The molecule has 0 aromatic heterocycles. The highest BCUT2D eigenvalue weighted by Crippen LogP contribution is 2.55. The quantitative estimate of drug-likeness (QED) is 0.494. The number of hydrogen-bond donors (Lipinski definition) is 0. The molecule has 2 radical (unpaired) electrons. The molecule has 1 saturated carbocycles. The number of nitrogens with zero attached hydrogens (tertiary/aromatic N) is 1. The fraction of sp³-hybridized carbons (Fsp3) is 0.296. The summed E-state index contributed by atoms with van der Waals surface area (Å²) >= 11 is 0. The van der Waals surface area contributed by atoms with Crippen LogP contribution < -0.4 is 4.90 Å². The average molecular weight is 366 g/mol. The van der Waals surface area contributed by atoms with Crippen molar-refractivity contribution in [3.05, 3.63) is 96.5 Å². The first kappa shape index (κ1) is 17.6. The van der Waals surface area contributed by atoms with Crippen molar-refractivity contribution in [3.8, 4) is 11.1 Å². The van der Waals surface area contributed by atoms with E-state index in [4.69, 9.17) is 0 Å². The lowest BCUT2D eigenvalue weighted by Crippen LogP contribution is -2.60. The normalized spacial score (nSPS) is 26.4. The van der Waals surface area contributed by atoms with Gasteiger partial charge < -0.3 is 4.90 Å².